The predicted octanol–water partition coefficient (Wildman–Crippen LogP) is 3.04. The molecule has 1 unspecified atom stereocenters. The van der Waals surface area contributed by atoms with Crippen molar-refractivity contribution in [3.05, 3.63) is 41.5 Å². The second kappa shape index (κ2) is 8.14. The van der Waals surface area contributed by atoms with Crippen LogP contribution in [0.15, 0.2) is 24.7 Å². The summed E-state index contributed by atoms with van der Waals surface area (Å²) >= 11 is 0. The number of rotatable bonds is 6. The molecule has 28 heavy (non-hydrogen) atoms. The smallest absolute Gasteiger partial charge is 0.258 e. The molecule has 0 bridgehead atoms. The van der Waals surface area contributed by atoms with Crippen LogP contribution in [0.2, 0.25) is 0 Å². The topological polar surface area (TPSA) is 87.3 Å². The van der Waals surface area contributed by atoms with Gasteiger partial charge >= 0.3 is 0 Å². The third-order valence-corrected chi connectivity index (χ3v) is 5.73. The molecule has 0 radical (unpaired) electrons. The van der Waals surface area contributed by atoms with Crippen molar-refractivity contribution in [2.24, 2.45) is 0 Å². The van der Waals surface area contributed by atoms with Crippen LogP contribution in [0.5, 0.6) is 5.75 Å². The zero-order valence-corrected chi connectivity index (χ0v) is 16.2. The van der Waals surface area contributed by atoms with E-state index in [9.17, 15) is 9.59 Å². The molecule has 1 aliphatic carbocycles. The molecule has 1 saturated heterocycles. The molecule has 2 N–H and O–H groups in total. The second-order valence-corrected chi connectivity index (χ2v) is 7.57. The van der Waals surface area contributed by atoms with Gasteiger partial charge in [0.25, 0.3) is 5.91 Å². The quantitative estimate of drug-likeness (QED) is 0.802. The van der Waals surface area contributed by atoms with E-state index in [0.717, 1.165) is 31.5 Å². The van der Waals surface area contributed by atoms with Crippen LogP contribution in [-0.2, 0) is 6.42 Å². The van der Waals surface area contributed by atoms with Crippen LogP contribution in [0, 0.1) is 0 Å². The van der Waals surface area contributed by atoms with Gasteiger partial charge < -0.3 is 19.9 Å². The van der Waals surface area contributed by atoms with Crippen LogP contribution in [0.1, 0.15) is 58.5 Å². The van der Waals surface area contributed by atoms with Crippen molar-refractivity contribution in [3.8, 4) is 5.75 Å². The maximum absolute atomic E-state index is 12.8. The van der Waals surface area contributed by atoms with Gasteiger partial charge in [-0.05, 0) is 45.7 Å². The maximum Gasteiger partial charge on any atom is 0.258 e. The first-order valence-corrected chi connectivity index (χ1v) is 9.95. The summed E-state index contributed by atoms with van der Waals surface area (Å²) < 4.78 is 5.94. The van der Waals surface area contributed by atoms with Crippen LogP contribution in [0.4, 0.5) is 5.69 Å². The highest BCUT2D eigenvalue weighted by Crippen LogP contribution is 2.28. The monoisotopic (exact) mass is 382 g/mol. The van der Waals surface area contributed by atoms with Crippen molar-refractivity contribution in [2.45, 2.75) is 44.6 Å². The number of Topliss-reactive ketones (excluding diaryl/α,β-unsaturated/α-hetero) is 1. The molecule has 1 amide bonds. The van der Waals surface area contributed by atoms with Gasteiger partial charge in [0.1, 0.15) is 11.4 Å². The van der Waals surface area contributed by atoms with Crippen molar-refractivity contribution in [1.82, 2.24) is 14.9 Å². The van der Waals surface area contributed by atoms with Crippen molar-refractivity contribution >= 4 is 17.4 Å². The Morgan fingerprint density at radius 3 is 3.11 bits per heavy atom. The minimum atomic E-state index is -0.318. The van der Waals surface area contributed by atoms with E-state index >= 15 is 0 Å². The number of nitrogens with zero attached hydrogens (tertiary/aromatic N) is 2. The van der Waals surface area contributed by atoms with Gasteiger partial charge in [0.2, 0.25) is 0 Å². The van der Waals surface area contributed by atoms with Crippen LogP contribution in [0.3, 0.4) is 0 Å². The molecule has 2 aliphatic rings. The molecule has 7 nitrogen and oxygen atoms in total. The lowest BCUT2D eigenvalue weighted by molar-refractivity contribution is 0.0956. The van der Waals surface area contributed by atoms with Crippen molar-refractivity contribution < 1.29 is 14.3 Å². The Kier molecular flexibility index (Phi) is 5.43. The first-order chi connectivity index (χ1) is 13.6. The minimum Gasteiger partial charge on any atom is -0.491 e. The highest BCUT2D eigenvalue weighted by molar-refractivity contribution is 6.13. The number of carbonyl (C=O) groups is 2. The van der Waals surface area contributed by atoms with Gasteiger partial charge in [-0.25, -0.2) is 0 Å². The lowest BCUT2D eigenvalue weighted by atomic mass is 9.93. The normalized spacial score (nSPS) is 19.5. The number of amides is 1. The molecule has 2 aromatic heterocycles. The molecule has 3 heterocycles. The van der Waals surface area contributed by atoms with E-state index < -0.39 is 0 Å². The molecular formula is C21H26N4O3. The molecule has 0 saturated carbocycles. The average molecular weight is 382 g/mol. The summed E-state index contributed by atoms with van der Waals surface area (Å²) in [5, 5.41) is 2.86. The van der Waals surface area contributed by atoms with E-state index in [0.29, 0.717) is 41.6 Å². The molecule has 1 fully saturated rings. The molecule has 0 spiro atoms. The van der Waals surface area contributed by atoms with Crippen LogP contribution >= 0.6 is 0 Å². The summed E-state index contributed by atoms with van der Waals surface area (Å²) in [5.41, 5.74) is 2.29. The van der Waals surface area contributed by atoms with Gasteiger partial charge in [0.15, 0.2) is 5.78 Å². The first-order valence-electron chi connectivity index (χ1n) is 9.95. The summed E-state index contributed by atoms with van der Waals surface area (Å²) in [6, 6.07) is 2.31. The number of hydrogen-bond donors (Lipinski definition) is 2. The van der Waals surface area contributed by atoms with E-state index in [1.54, 1.807) is 24.7 Å². The fourth-order valence-electron chi connectivity index (χ4n) is 4.15. The second-order valence-electron chi connectivity index (χ2n) is 7.57. The number of H-pyrrole nitrogens is 1. The Morgan fingerprint density at radius 1 is 1.39 bits per heavy atom. The van der Waals surface area contributed by atoms with Crippen molar-refractivity contribution in [1.29, 1.82) is 0 Å². The SMILES string of the molecule is CN1CCCC1CCOc1ccncc1NC(=O)c1c[nH]c2c1C(=O)CCC2. The van der Waals surface area contributed by atoms with E-state index in [-0.39, 0.29) is 11.7 Å². The lowest BCUT2D eigenvalue weighted by Gasteiger charge is -2.20. The number of ether oxygens (including phenoxy) is 1. The van der Waals surface area contributed by atoms with E-state index in [2.05, 4.69) is 27.2 Å². The molecule has 1 atom stereocenters. The van der Waals surface area contributed by atoms with Crippen LogP contribution in [0.25, 0.3) is 0 Å². The molecule has 148 valence electrons. The number of nitrogens with one attached hydrogen (secondary N) is 2. The number of aromatic amines is 1. The molecule has 2 aromatic rings. The number of aryl methyl sites for hydroxylation is 1. The minimum absolute atomic E-state index is 0.0241. The van der Waals surface area contributed by atoms with E-state index in [1.165, 1.54) is 12.8 Å². The molecule has 1 aliphatic heterocycles. The fraction of sp³-hybridized carbons (Fsp3) is 0.476. The van der Waals surface area contributed by atoms with Gasteiger partial charge in [-0.2, -0.15) is 0 Å². The Bertz CT molecular complexity index is 876. The number of pyridine rings is 1. The van der Waals surface area contributed by atoms with E-state index in [1.807, 2.05) is 0 Å². The van der Waals surface area contributed by atoms with Crippen LogP contribution in [-0.4, -0.2) is 52.8 Å². The van der Waals surface area contributed by atoms with Crippen LogP contribution < -0.4 is 10.1 Å². The van der Waals surface area contributed by atoms with Crippen molar-refractivity contribution in [3.63, 3.8) is 0 Å². The highest BCUT2D eigenvalue weighted by Gasteiger charge is 2.26. The highest BCUT2D eigenvalue weighted by atomic mass is 16.5. The van der Waals surface area contributed by atoms with Gasteiger partial charge in [-0.15, -0.1) is 0 Å². The van der Waals surface area contributed by atoms with E-state index in [4.69, 9.17) is 4.74 Å². The van der Waals surface area contributed by atoms with Gasteiger partial charge in [0.05, 0.1) is 23.9 Å². The Hall–Kier alpha value is -2.67. The fourth-order valence-corrected chi connectivity index (χ4v) is 4.15. The average Bonchev–Trinajstić information content (AvgIpc) is 3.30. The Balaban J connectivity index is 1.43. The standard InChI is InChI=1S/C21H26N4O3/c1-25-10-3-4-14(25)8-11-28-19-7-9-22-13-17(19)24-21(27)15-12-23-16-5-2-6-18(26)20(15)16/h7,9,12-14,23H,2-6,8,10-11H2,1H3,(H,24,27). The summed E-state index contributed by atoms with van der Waals surface area (Å²) in [6.07, 6.45) is 10.3. The van der Waals surface area contributed by atoms with Crippen molar-refractivity contribution in [2.75, 3.05) is 25.5 Å². The summed E-state index contributed by atoms with van der Waals surface area (Å²) in [4.78, 5) is 34.6. The number of aromatic nitrogens is 2. The third-order valence-electron chi connectivity index (χ3n) is 5.73. The largest absolute Gasteiger partial charge is 0.491 e. The van der Waals surface area contributed by atoms with Gasteiger partial charge in [-0.3, -0.25) is 14.6 Å². The van der Waals surface area contributed by atoms with Gasteiger partial charge in [0, 0.05) is 36.6 Å². The number of anilines is 1. The number of hydrogen-bond acceptors (Lipinski definition) is 5. The number of fused-ring (bicyclic) bond motifs is 1. The number of likely N-dealkylation sites (tertiary alicyclic amines) is 1. The van der Waals surface area contributed by atoms with Gasteiger partial charge in [-0.1, -0.05) is 0 Å². The Labute approximate surface area is 164 Å². The zero-order chi connectivity index (χ0) is 19.5. The maximum atomic E-state index is 12.8. The third kappa shape index (κ3) is 3.80. The molecule has 7 heteroatoms. The predicted molar refractivity (Wildman–Crippen MR) is 106 cm³/mol. The Morgan fingerprint density at radius 2 is 2.29 bits per heavy atom. The number of carbonyl (C=O) groups excluding carboxylic acids is 2. The molecule has 0 aromatic carbocycles. The molecule has 4 rings (SSSR count). The summed E-state index contributed by atoms with van der Waals surface area (Å²) in [6.45, 7) is 1.72. The number of ketones is 1. The molecular weight excluding hydrogens is 356 g/mol. The zero-order valence-electron chi connectivity index (χ0n) is 16.2. The summed E-state index contributed by atoms with van der Waals surface area (Å²) in [7, 11) is 2.15. The summed E-state index contributed by atoms with van der Waals surface area (Å²) in [5.74, 6) is 0.303. The first kappa shape index (κ1) is 18.7. The lowest BCUT2D eigenvalue weighted by Crippen LogP contribution is -2.26.